The molecule has 88 valence electrons. The number of hydrogen-bond donors (Lipinski definition) is 1. The summed E-state index contributed by atoms with van der Waals surface area (Å²) in [6, 6.07) is -0.137. The Kier molecular flexibility index (Phi) is 2.41. The van der Waals surface area contributed by atoms with Crippen LogP contribution in [0, 0.1) is 0 Å². The molecular weight excluding hydrogens is 236 g/mol. The summed E-state index contributed by atoms with van der Waals surface area (Å²) in [5, 5.41) is 6.30. The molecule has 17 heavy (non-hydrogen) atoms. The van der Waals surface area contributed by atoms with Crippen LogP contribution in [0.25, 0.3) is 4.96 Å². The van der Waals surface area contributed by atoms with E-state index in [-0.39, 0.29) is 6.04 Å². The van der Waals surface area contributed by atoms with Gasteiger partial charge in [0.25, 0.3) is 0 Å². The average molecular weight is 248 g/mol. The van der Waals surface area contributed by atoms with E-state index in [0.29, 0.717) is 12.4 Å². The minimum Gasteiger partial charge on any atom is -0.321 e. The predicted molar refractivity (Wildman–Crippen MR) is 64.8 cm³/mol. The van der Waals surface area contributed by atoms with Gasteiger partial charge in [-0.05, 0) is 6.92 Å². The first kappa shape index (κ1) is 10.4. The first-order valence-electron chi connectivity index (χ1n) is 5.28. The number of fused-ring (bicyclic) bond motifs is 1. The lowest BCUT2D eigenvalue weighted by Crippen LogP contribution is -2.08. The van der Waals surface area contributed by atoms with Gasteiger partial charge in [0.05, 0.1) is 18.3 Å². The molecule has 3 heterocycles. The fraction of sp³-hybridized carbons (Fsp3) is 0.300. The van der Waals surface area contributed by atoms with Gasteiger partial charge in [0, 0.05) is 17.8 Å². The fourth-order valence-corrected chi connectivity index (χ4v) is 2.33. The third kappa shape index (κ3) is 1.94. The van der Waals surface area contributed by atoms with Crippen LogP contribution < -0.4 is 5.73 Å². The zero-order chi connectivity index (χ0) is 11.8. The first-order valence-corrected chi connectivity index (χ1v) is 6.16. The smallest absolute Gasteiger partial charge is 0.193 e. The zero-order valence-electron chi connectivity index (χ0n) is 9.32. The van der Waals surface area contributed by atoms with Crippen molar-refractivity contribution >= 4 is 16.3 Å². The van der Waals surface area contributed by atoms with E-state index in [4.69, 9.17) is 5.73 Å². The number of aromatic nitrogens is 5. The lowest BCUT2D eigenvalue weighted by molar-refractivity contribution is 0.642. The molecule has 0 aliphatic carbocycles. The Morgan fingerprint density at radius 2 is 2.41 bits per heavy atom. The van der Waals surface area contributed by atoms with Crippen molar-refractivity contribution in [2.45, 2.75) is 19.5 Å². The van der Waals surface area contributed by atoms with Gasteiger partial charge in [-0.3, -0.25) is 4.40 Å². The van der Waals surface area contributed by atoms with Crippen LogP contribution in [-0.2, 0) is 6.54 Å². The van der Waals surface area contributed by atoms with Crippen LogP contribution >= 0.6 is 11.3 Å². The summed E-state index contributed by atoms with van der Waals surface area (Å²) in [7, 11) is 0. The number of nitrogens with two attached hydrogens (primary N) is 1. The van der Waals surface area contributed by atoms with Gasteiger partial charge in [0.2, 0.25) is 0 Å². The van der Waals surface area contributed by atoms with Gasteiger partial charge < -0.3 is 5.73 Å². The zero-order valence-corrected chi connectivity index (χ0v) is 10.1. The largest absolute Gasteiger partial charge is 0.321 e. The molecule has 0 saturated carbocycles. The molecule has 0 aliphatic rings. The lowest BCUT2D eigenvalue weighted by Gasteiger charge is -1.97. The van der Waals surface area contributed by atoms with Crippen LogP contribution in [0.5, 0.6) is 0 Å². The number of nitrogens with zero attached hydrogens (tertiary/aromatic N) is 5. The van der Waals surface area contributed by atoms with E-state index < -0.39 is 0 Å². The average Bonchev–Trinajstić information content (AvgIpc) is 2.91. The molecule has 0 aliphatic heterocycles. The van der Waals surface area contributed by atoms with Crippen molar-refractivity contribution in [3.8, 4) is 0 Å². The molecule has 0 fully saturated rings. The van der Waals surface area contributed by atoms with Crippen molar-refractivity contribution in [2.24, 2.45) is 5.73 Å². The quantitative estimate of drug-likeness (QED) is 0.752. The van der Waals surface area contributed by atoms with Crippen molar-refractivity contribution < 1.29 is 0 Å². The fourth-order valence-electron chi connectivity index (χ4n) is 1.61. The molecule has 3 aromatic rings. The van der Waals surface area contributed by atoms with E-state index in [1.54, 1.807) is 22.3 Å². The van der Waals surface area contributed by atoms with Gasteiger partial charge in [0.1, 0.15) is 6.33 Å². The summed E-state index contributed by atoms with van der Waals surface area (Å²) in [5.74, 6) is 0.658. The maximum absolute atomic E-state index is 5.71. The highest BCUT2D eigenvalue weighted by Gasteiger charge is 2.07. The Bertz CT molecular complexity index is 605. The highest BCUT2D eigenvalue weighted by Crippen LogP contribution is 2.12. The van der Waals surface area contributed by atoms with Crippen molar-refractivity contribution in [1.82, 2.24) is 24.1 Å². The summed E-state index contributed by atoms with van der Waals surface area (Å²) in [5.41, 5.74) is 6.68. The Hall–Kier alpha value is -1.73. The number of thiazole rings is 1. The second kappa shape index (κ2) is 3.94. The van der Waals surface area contributed by atoms with Crippen LogP contribution in [0.1, 0.15) is 24.5 Å². The summed E-state index contributed by atoms with van der Waals surface area (Å²) < 4.78 is 3.76. The third-order valence-electron chi connectivity index (χ3n) is 2.43. The molecule has 7 heteroatoms. The Labute approximate surface area is 102 Å². The molecule has 3 rings (SSSR count). The minimum atomic E-state index is -0.137. The molecule has 0 radical (unpaired) electrons. The lowest BCUT2D eigenvalue weighted by atomic mass is 10.3. The predicted octanol–water partition coefficient (Wildman–Crippen LogP) is 1.06. The molecule has 0 saturated heterocycles. The van der Waals surface area contributed by atoms with Gasteiger partial charge in [-0.25, -0.2) is 14.6 Å². The highest BCUT2D eigenvalue weighted by molar-refractivity contribution is 7.15. The van der Waals surface area contributed by atoms with Gasteiger partial charge >= 0.3 is 0 Å². The van der Waals surface area contributed by atoms with Crippen LogP contribution in [0.3, 0.4) is 0 Å². The van der Waals surface area contributed by atoms with E-state index in [1.165, 1.54) is 0 Å². The van der Waals surface area contributed by atoms with E-state index >= 15 is 0 Å². The van der Waals surface area contributed by atoms with E-state index in [1.807, 2.05) is 29.1 Å². The second-order valence-electron chi connectivity index (χ2n) is 3.91. The maximum Gasteiger partial charge on any atom is 0.193 e. The topological polar surface area (TPSA) is 74.0 Å². The van der Waals surface area contributed by atoms with Crippen molar-refractivity contribution in [3.63, 3.8) is 0 Å². The van der Waals surface area contributed by atoms with Gasteiger partial charge in [-0.15, -0.1) is 11.3 Å². The van der Waals surface area contributed by atoms with E-state index in [9.17, 15) is 0 Å². The molecule has 0 spiro atoms. The normalized spacial score (nSPS) is 13.3. The highest BCUT2D eigenvalue weighted by atomic mass is 32.1. The second-order valence-corrected chi connectivity index (χ2v) is 4.79. The van der Waals surface area contributed by atoms with Crippen LogP contribution in [0.4, 0.5) is 0 Å². The van der Waals surface area contributed by atoms with E-state index in [2.05, 4.69) is 15.1 Å². The molecule has 1 atom stereocenters. The third-order valence-corrected chi connectivity index (χ3v) is 3.20. The van der Waals surface area contributed by atoms with Crippen molar-refractivity contribution in [2.75, 3.05) is 0 Å². The summed E-state index contributed by atoms with van der Waals surface area (Å²) in [4.78, 5) is 9.63. The summed E-state index contributed by atoms with van der Waals surface area (Å²) in [6.45, 7) is 2.49. The molecule has 1 unspecified atom stereocenters. The molecule has 0 bridgehead atoms. The Morgan fingerprint density at radius 3 is 3.12 bits per heavy atom. The standard InChI is InChI=1S/C10H12N6S/c1-7(11)9-12-6-16(14-9)5-8-4-15-2-3-17-10(15)13-8/h2-4,6-7H,5,11H2,1H3. The molecule has 6 nitrogen and oxygen atoms in total. The van der Waals surface area contributed by atoms with Crippen LogP contribution in [0.15, 0.2) is 24.1 Å². The molecular formula is C10H12N6S. The van der Waals surface area contributed by atoms with Gasteiger partial charge in [-0.1, -0.05) is 0 Å². The minimum absolute atomic E-state index is 0.137. The van der Waals surface area contributed by atoms with Crippen molar-refractivity contribution in [3.05, 3.63) is 35.6 Å². The molecule has 2 N–H and O–H groups in total. The first-order chi connectivity index (χ1) is 8.22. The van der Waals surface area contributed by atoms with E-state index in [0.717, 1.165) is 10.7 Å². The number of imidazole rings is 1. The monoisotopic (exact) mass is 248 g/mol. The molecule has 0 amide bonds. The van der Waals surface area contributed by atoms with Gasteiger partial charge in [0.15, 0.2) is 10.8 Å². The Morgan fingerprint density at radius 1 is 1.53 bits per heavy atom. The summed E-state index contributed by atoms with van der Waals surface area (Å²) >= 11 is 1.62. The van der Waals surface area contributed by atoms with Crippen LogP contribution in [-0.4, -0.2) is 24.1 Å². The number of hydrogen-bond acceptors (Lipinski definition) is 5. The summed E-state index contributed by atoms with van der Waals surface area (Å²) in [6.07, 6.45) is 5.68. The number of rotatable bonds is 3. The molecule has 0 aromatic carbocycles. The maximum atomic E-state index is 5.71. The van der Waals surface area contributed by atoms with Crippen molar-refractivity contribution in [1.29, 1.82) is 0 Å². The SMILES string of the molecule is CC(N)c1ncn(Cc2cn3ccsc3n2)n1. The molecule has 3 aromatic heterocycles. The Balaban J connectivity index is 1.84. The van der Waals surface area contributed by atoms with Gasteiger partial charge in [-0.2, -0.15) is 5.10 Å². The van der Waals surface area contributed by atoms with Crippen LogP contribution in [0.2, 0.25) is 0 Å².